The second-order valence-electron chi connectivity index (χ2n) is 7.28. The van der Waals surface area contributed by atoms with E-state index in [4.69, 9.17) is 4.74 Å². The van der Waals surface area contributed by atoms with Crippen molar-refractivity contribution in [2.45, 2.75) is 26.4 Å². The van der Waals surface area contributed by atoms with Crippen LogP contribution in [0.4, 0.5) is 10.5 Å². The SMILES string of the molecule is Cn1nc2c(C(=O)O)ccc(N3CCN(C(=O)OC(C)(C)C)CC3)c2n1. The standard InChI is InChI=1S/C17H23N5O4/c1-17(2,3)26-16(25)22-9-7-21(8-10-22)12-6-5-11(15(23)24)13-14(12)19-20(4)18-13/h5-6H,7-10H2,1-4H3,(H,23,24). The second kappa shape index (κ2) is 6.47. The van der Waals surface area contributed by atoms with Crippen LogP contribution in [-0.2, 0) is 11.8 Å². The van der Waals surface area contributed by atoms with Crippen molar-refractivity contribution in [2.24, 2.45) is 7.05 Å². The molecule has 1 aromatic carbocycles. The van der Waals surface area contributed by atoms with Crippen LogP contribution in [0.1, 0.15) is 31.1 Å². The number of carboxylic acid groups (broad SMARTS) is 1. The van der Waals surface area contributed by atoms with Crippen molar-refractivity contribution < 1.29 is 19.4 Å². The molecular formula is C17H23N5O4. The fraction of sp³-hybridized carbons (Fsp3) is 0.529. The van der Waals surface area contributed by atoms with Crippen molar-refractivity contribution in [1.29, 1.82) is 0 Å². The Balaban J connectivity index is 1.79. The quantitative estimate of drug-likeness (QED) is 0.869. The number of benzene rings is 1. The highest BCUT2D eigenvalue weighted by Gasteiger charge is 2.27. The highest BCUT2D eigenvalue weighted by Crippen LogP contribution is 2.28. The lowest BCUT2D eigenvalue weighted by molar-refractivity contribution is 0.0240. The topological polar surface area (TPSA) is 101 Å². The molecule has 3 rings (SSSR count). The minimum Gasteiger partial charge on any atom is -0.478 e. The van der Waals surface area contributed by atoms with E-state index < -0.39 is 11.6 Å². The van der Waals surface area contributed by atoms with E-state index in [1.54, 1.807) is 24.1 Å². The summed E-state index contributed by atoms with van der Waals surface area (Å²) in [5, 5.41) is 17.8. The Hall–Kier alpha value is -2.84. The third kappa shape index (κ3) is 3.56. The maximum absolute atomic E-state index is 12.2. The van der Waals surface area contributed by atoms with Crippen LogP contribution in [0.15, 0.2) is 12.1 Å². The van der Waals surface area contributed by atoms with E-state index in [0.717, 1.165) is 5.69 Å². The van der Waals surface area contributed by atoms with Crippen LogP contribution in [0, 0.1) is 0 Å². The summed E-state index contributed by atoms with van der Waals surface area (Å²) in [6, 6.07) is 3.30. The number of anilines is 1. The molecule has 26 heavy (non-hydrogen) atoms. The van der Waals surface area contributed by atoms with Crippen molar-refractivity contribution in [1.82, 2.24) is 19.9 Å². The molecule has 0 radical (unpaired) electrons. The van der Waals surface area contributed by atoms with Gasteiger partial charge in [0.2, 0.25) is 0 Å². The van der Waals surface area contributed by atoms with Gasteiger partial charge in [-0.05, 0) is 32.9 Å². The van der Waals surface area contributed by atoms with Crippen molar-refractivity contribution in [2.75, 3.05) is 31.1 Å². The number of carboxylic acids is 1. The Bertz CT molecular complexity index is 847. The molecule has 0 unspecified atom stereocenters. The molecule has 1 N–H and O–H groups in total. The molecule has 0 atom stereocenters. The van der Waals surface area contributed by atoms with Crippen molar-refractivity contribution in [3.05, 3.63) is 17.7 Å². The van der Waals surface area contributed by atoms with Gasteiger partial charge in [-0.25, -0.2) is 9.59 Å². The predicted octanol–water partition coefficient (Wildman–Crippen LogP) is 1.72. The summed E-state index contributed by atoms with van der Waals surface area (Å²) in [6.07, 6.45) is -0.317. The van der Waals surface area contributed by atoms with Gasteiger partial charge in [0.05, 0.1) is 11.3 Å². The van der Waals surface area contributed by atoms with Gasteiger partial charge < -0.3 is 19.6 Å². The Morgan fingerprint density at radius 1 is 1.08 bits per heavy atom. The summed E-state index contributed by atoms with van der Waals surface area (Å²) in [5.41, 5.74) is 1.35. The maximum atomic E-state index is 12.2. The van der Waals surface area contributed by atoms with Crippen molar-refractivity contribution in [3.8, 4) is 0 Å². The van der Waals surface area contributed by atoms with E-state index >= 15 is 0 Å². The molecule has 2 aromatic rings. The van der Waals surface area contributed by atoms with Crippen molar-refractivity contribution in [3.63, 3.8) is 0 Å². The van der Waals surface area contributed by atoms with Crippen LogP contribution in [0.25, 0.3) is 11.0 Å². The minimum atomic E-state index is -1.03. The molecule has 0 saturated carbocycles. The van der Waals surface area contributed by atoms with E-state index in [2.05, 4.69) is 15.1 Å². The largest absolute Gasteiger partial charge is 0.478 e. The highest BCUT2D eigenvalue weighted by atomic mass is 16.6. The summed E-state index contributed by atoms with van der Waals surface area (Å²) in [4.78, 5) is 28.7. The lowest BCUT2D eigenvalue weighted by atomic mass is 10.1. The van der Waals surface area contributed by atoms with Gasteiger partial charge in [-0.3, -0.25) is 0 Å². The van der Waals surface area contributed by atoms with Crippen LogP contribution < -0.4 is 4.90 Å². The molecule has 0 aliphatic carbocycles. The zero-order valence-corrected chi connectivity index (χ0v) is 15.4. The molecule has 9 heteroatoms. The van der Waals surface area contributed by atoms with E-state index in [1.165, 1.54) is 4.80 Å². The summed E-state index contributed by atoms with van der Waals surface area (Å²) < 4.78 is 5.41. The molecule has 0 bridgehead atoms. The van der Waals surface area contributed by atoms with Crippen LogP contribution >= 0.6 is 0 Å². The number of fused-ring (bicyclic) bond motifs is 1. The number of carbonyl (C=O) groups is 2. The van der Waals surface area contributed by atoms with E-state index in [1.807, 2.05) is 20.8 Å². The number of amides is 1. The first-order valence-electron chi connectivity index (χ1n) is 8.46. The van der Waals surface area contributed by atoms with Gasteiger partial charge in [0.1, 0.15) is 16.6 Å². The van der Waals surface area contributed by atoms with Crippen LogP contribution in [-0.4, -0.2) is 68.8 Å². The third-order valence-electron chi connectivity index (χ3n) is 4.12. The number of hydrogen-bond acceptors (Lipinski definition) is 6. The van der Waals surface area contributed by atoms with E-state index in [-0.39, 0.29) is 11.7 Å². The fourth-order valence-corrected chi connectivity index (χ4v) is 2.96. The molecule has 9 nitrogen and oxygen atoms in total. The molecule has 140 valence electrons. The molecule has 1 aliphatic heterocycles. The third-order valence-corrected chi connectivity index (χ3v) is 4.12. The zero-order valence-electron chi connectivity index (χ0n) is 15.4. The normalized spacial score (nSPS) is 15.4. The summed E-state index contributed by atoms with van der Waals surface area (Å²) in [7, 11) is 1.66. The molecule has 0 spiro atoms. The number of ether oxygens (including phenoxy) is 1. The first-order chi connectivity index (χ1) is 12.2. The molecule has 1 saturated heterocycles. The Morgan fingerprint density at radius 2 is 1.69 bits per heavy atom. The van der Waals surface area contributed by atoms with Gasteiger partial charge in [-0.1, -0.05) is 0 Å². The monoisotopic (exact) mass is 361 g/mol. The first-order valence-corrected chi connectivity index (χ1v) is 8.46. The van der Waals surface area contributed by atoms with Gasteiger partial charge in [-0.15, -0.1) is 0 Å². The van der Waals surface area contributed by atoms with Gasteiger partial charge >= 0.3 is 12.1 Å². The summed E-state index contributed by atoms with van der Waals surface area (Å²) in [6.45, 7) is 7.80. The Kier molecular flexibility index (Phi) is 4.47. The van der Waals surface area contributed by atoms with Gasteiger partial charge in [-0.2, -0.15) is 15.0 Å². The number of aromatic nitrogens is 3. The smallest absolute Gasteiger partial charge is 0.410 e. The predicted molar refractivity (Wildman–Crippen MR) is 95.5 cm³/mol. The van der Waals surface area contributed by atoms with Crippen LogP contribution in [0.5, 0.6) is 0 Å². The Morgan fingerprint density at radius 3 is 2.27 bits per heavy atom. The number of rotatable bonds is 2. The number of piperazine rings is 1. The van der Waals surface area contributed by atoms with Crippen LogP contribution in [0.2, 0.25) is 0 Å². The zero-order chi connectivity index (χ0) is 19.1. The molecular weight excluding hydrogens is 338 g/mol. The first kappa shape index (κ1) is 18.0. The number of nitrogens with zero attached hydrogens (tertiary/aromatic N) is 5. The molecule has 1 aliphatic rings. The van der Waals surface area contributed by atoms with Crippen molar-refractivity contribution >= 4 is 28.8 Å². The average molecular weight is 361 g/mol. The van der Waals surface area contributed by atoms with Crippen LogP contribution in [0.3, 0.4) is 0 Å². The lowest BCUT2D eigenvalue weighted by Gasteiger charge is -2.36. The minimum absolute atomic E-state index is 0.129. The van der Waals surface area contributed by atoms with E-state index in [9.17, 15) is 14.7 Å². The molecule has 1 aromatic heterocycles. The van der Waals surface area contributed by atoms with Gasteiger partial charge in [0.15, 0.2) is 0 Å². The molecule has 1 fully saturated rings. The number of hydrogen-bond donors (Lipinski definition) is 1. The Labute approximate surface area is 151 Å². The second-order valence-corrected chi connectivity index (χ2v) is 7.28. The van der Waals surface area contributed by atoms with Gasteiger partial charge in [0.25, 0.3) is 0 Å². The number of carbonyl (C=O) groups excluding carboxylic acids is 1. The highest BCUT2D eigenvalue weighted by molar-refractivity contribution is 6.04. The summed E-state index contributed by atoms with van der Waals surface area (Å²) in [5.74, 6) is -1.03. The van der Waals surface area contributed by atoms with E-state index in [0.29, 0.717) is 37.2 Å². The summed E-state index contributed by atoms with van der Waals surface area (Å²) >= 11 is 0. The lowest BCUT2D eigenvalue weighted by Crippen LogP contribution is -2.50. The maximum Gasteiger partial charge on any atom is 0.410 e. The fourth-order valence-electron chi connectivity index (χ4n) is 2.96. The van der Waals surface area contributed by atoms with Gasteiger partial charge in [0, 0.05) is 33.2 Å². The molecule has 2 heterocycles. The molecule has 1 amide bonds. The average Bonchev–Trinajstić information content (AvgIpc) is 2.93. The number of aryl methyl sites for hydroxylation is 1. The number of aromatic carboxylic acids is 1.